The monoisotopic (exact) mass is 625 g/mol. The van der Waals surface area contributed by atoms with Crippen LogP contribution in [0.4, 0.5) is 17.1 Å². The summed E-state index contributed by atoms with van der Waals surface area (Å²) in [6.07, 6.45) is 0. The fourth-order valence-electron chi connectivity index (χ4n) is 8.18. The molecule has 3 heteroatoms. The van der Waals surface area contributed by atoms with Crippen LogP contribution in [0.1, 0.15) is 0 Å². The van der Waals surface area contributed by atoms with E-state index in [1.807, 2.05) is 0 Å². The van der Waals surface area contributed by atoms with Crippen LogP contribution in [0.15, 0.2) is 173 Å². The minimum Gasteiger partial charge on any atom is -0.456 e. The molecule has 0 unspecified atom stereocenters. The van der Waals surface area contributed by atoms with Crippen molar-refractivity contribution in [2.75, 3.05) is 4.90 Å². The van der Waals surface area contributed by atoms with Crippen LogP contribution in [0.5, 0.6) is 0 Å². The maximum atomic E-state index is 6.75. The van der Waals surface area contributed by atoms with Crippen molar-refractivity contribution in [2.24, 2.45) is 0 Å². The molecule has 0 spiro atoms. The number of anilines is 3. The first-order chi connectivity index (χ1) is 24.3. The third-order valence-corrected chi connectivity index (χ3v) is 10.2. The summed E-state index contributed by atoms with van der Waals surface area (Å²) in [4.78, 5) is 2.39. The average Bonchev–Trinajstić information content (AvgIpc) is 3.39. The topological polar surface area (TPSA) is 29.5 Å². The van der Waals surface area contributed by atoms with Crippen molar-refractivity contribution in [1.29, 1.82) is 0 Å². The summed E-state index contributed by atoms with van der Waals surface area (Å²) in [6, 6.07) is 58.3. The molecule has 0 amide bonds. The first kappa shape index (κ1) is 26.5. The van der Waals surface area contributed by atoms with Crippen molar-refractivity contribution in [3.63, 3.8) is 0 Å². The highest BCUT2D eigenvalue weighted by Crippen LogP contribution is 2.47. The fraction of sp³-hybridized carbons (Fsp3) is 0. The van der Waals surface area contributed by atoms with Crippen molar-refractivity contribution in [1.82, 2.24) is 0 Å². The summed E-state index contributed by atoms with van der Waals surface area (Å²) < 4.78 is 13.5. The van der Waals surface area contributed by atoms with Crippen LogP contribution >= 0.6 is 0 Å². The van der Waals surface area contributed by atoms with Crippen LogP contribution in [0, 0.1) is 0 Å². The summed E-state index contributed by atoms with van der Waals surface area (Å²) in [5.41, 5.74) is 6.72. The molecular weight excluding hydrogens is 599 g/mol. The maximum absolute atomic E-state index is 6.75. The summed E-state index contributed by atoms with van der Waals surface area (Å²) in [6.45, 7) is 0. The Bertz CT molecular complexity index is 2910. The van der Waals surface area contributed by atoms with Gasteiger partial charge in [-0.3, -0.25) is 0 Å². The zero-order chi connectivity index (χ0) is 32.1. The fourth-order valence-corrected chi connectivity index (χ4v) is 8.18. The Morgan fingerprint density at radius 3 is 1.16 bits per heavy atom. The Hall–Kier alpha value is -6.58. The second kappa shape index (κ2) is 9.96. The van der Waals surface area contributed by atoms with Gasteiger partial charge in [-0.05, 0) is 80.8 Å². The van der Waals surface area contributed by atoms with Crippen molar-refractivity contribution in [2.45, 2.75) is 0 Å². The van der Waals surface area contributed by atoms with Gasteiger partial charge in [0.05, 0.1) is 11.4 Å². The number of nitrogens with zero attached hydrogens (tertiary/aromatic N) is 1. The molecule has 3 nitrogen and oxygen atoms in total. The molecule has 0 saturated carbocycles. The van der Waals surface area contributed by atoms with Crippen molar-refractivity contribution < 1.29 is 8.83 Å². The molecule has 0 aliphatic rings. The number of hydrogen-bond donors (Lipinski definition) is 0. The molecule has 2 heterocycles. The molecule has 11 rings (SSSR count). The van der Waals surface area contributed by atoms with Crippen LogP contribution in [0.3, 0.4) is 0 Å². The Morgan fingerprint density at radius 1 is 0.286 bits per heavy atom. The van der Waals surface area contributed by atoms with Gasteiger partial charge in [0.25, 0.3) is 0 Å². The van der Waals surface area contributed by atoms with Gasteiger partial charge in [-0.2, -0.15) is 0 Å². The van der Waals surface area contributed by atoms with Gasteiger partial charge in [-0.15, -0.1) is 0 Å². The first-order valence-electron chi connectivity index (χ1n) is 16.7. The van der Waals surface area contributed by atoms with Gasteiger partial charge in [0, 0.05) is 38.0 Å². The molecule has 11 aromatic rings. The smallest absolute Gasteiger partial charge is 0.136 e. The lowest BCUT2D eigenvalue weighted by atomic mass is 9.97. The van der Waals surface area contributed by atoms with Crippen molar-refractivity contribution in [3.8, 4) is 0 Å². The molecule has 0 N–H and O–H groups in total. The van der Waals surface area contributed by atoms with E-state index in [4.69, 9.17) is 8.83 Å². The molecule has 2 aromatic heterocycles. The molecule has 0 radical (unpaired) electrons. The lowest BCUT2D eigenvalue weighted by molar-refractivity contribution is 0.664. The highest BCUT2D eigenvalue weighted by atomic mass is 16.3. The van der Waals surface area contributed by atoms with E-state index in [2.05, 4.69) is 169 Å². The molecule has 49 heavy (non-hydrogen) atoms. The third-order valence-electron chi connectivity index (χ3n) is 10.2. The van der Waals surface area contributed by atoms with Gasteiger partial charge in [0.2, 0.25) is 0 Å². The number of rotatable bonds is 3. The zero-order valence-electron chi connectivity index (χ0n) is 26.4. The minimum atomic E-state index is 0.860. The van der Waals surface area contributed by atoms with Crippen LogP contribution in [0.2, 0.25) is 0 Å². The van der Waals surface area contributed by atoms with Gasteiger partial charge in [0.1, 0.15) is 22.3 Å². The molecule has 9 aromatic carbocycles. The molecule has 0 bridgehead atoms. The molecule has 0 aliphatic carbocycles. The van der Waals surface area contributed by atoms with E-state index in [0.717, 1.165) is 71.7 Å². The average molecular weight is 626 g/mol. The SMILES string of the molecule is c1ccc(N(c2ccc3oc4cccc5cccc(c6cccc2c36)c54)c2ccc3oc4cccc5cccc(c6cccc2c36)c54)cc1. The van der Waals surface area contributed by atoms with E-state index in [9.17, 15) is 0 Å². The van der Waals surface area contributed by atoms with Crippen LogP contribution in [-0.2, 0) is 0 Å². The maximum Gasteiger partial charge on any atom is 0.136 e. The summed E-state index contributed by atoms with van der Waals surface area (Å²) in [7, 11) is 0. The molecule has 0 atom stereocenters. The number of hydrogen-bond acceptors (Lipinski definition) is 3. The molecular formula is C46H27NO2. The van der Waals surface area contributed by atoms with E-state index < -0.39 is 0 Å². The largest absolute Gasteiger partial charge is 0.456 e. The number of para-hydroxylation sites is 1. The molecule has 0 saturated heterocycles. The van der Waals surface area contributed by atoms with Gasteiger partial charge in [0.15, 0.2) is 0 Å². The lowest BCUT2D eigenvalue weighted by Gasteiger charge is -2.28. The standard InChI is InChI=1S/C46H27NO2/c1-2-14-30(15-3-1)47(37-24-26-41-45-33(18-8-20-35(37)45)31-16-4-10-28-12-6-22-39(48-41)43(28)31)38-25-27-42-46-34(19-9-21-36(38)46)32-17-5-11-29-13-7-23-40(49-42)44(29)32/h1-27H. The van der Waals surface area contributed by atoms with Gasteiger partial charge >= 0.3 is 0 Å². The van der Waals surface area contributed by atoms with Crippen LogP contribution < -0.4 is 4.90 Å². The predicted molar refractivity (Wildman–Crippen MR) is 206 cm³/mol. The van der Waals surface area contributed by atoms with Crippen molar-refractivity contribution in [3.05, 3.63) is 164 Å². The summed E-state index contributed by atoms with van der Waals surface area (Å²) in [5.74, 6) is 0. The second-order valence-corrected chi connectivity index (χ2v) is 12.8. The zero-order valence-corrected chi connectivity index (χ0v) is 26.4. The molecule has 228 valence electrons. The Labute approximate surface area is 280 Å². The van der Waals surface area contributed by atoms with Gasteiger partial charge in [-0.1, -0.05) is 115 Å². The van der Waals surface area contributed by atoms with Gasteiger partial charge in [-0.25, -0.2) is 0 Å². The van der Waals surface area contributed by atoms with E-state index in [1.165, 1.54) is 32.3 Å². The quantitative estimate of drug-likeness (QED) is 0.196. The third kappa shape index (κ3) is 3.73. The van der Waals surface area contributed by atoms with Gasteiger partial charge < -0.3 is 13.7 Å². The first-order valence-corrected chi connectivity index (χ1v) is 16.7. The predicted octanol–water partition coefficient (Wildman–Crippen LogP) is 13.6. The Morgan fingerprint density at radius 2 is 0.673 bits per heavy atom. The van der Waals surface area contributed by atoms with E-state index in [-0.39, 0.29) is 0 Å². The Balaban J connectivity index is 1.28. The van der Waals surface area contributed by atoms with Crippen molar-refractivity contribution >= 4 is 104 Å². The second-order valence-electron chi connectivity index (χ2n) is 12.8. The van der Waals surface area contributed by atoms with E-state index in [0.29, 0.717) is 0 Å². The normalized spacial score (nSPS) is 12.1. The van der Waals surface area contributed by atoms with E-state index in [1.54, 1.807) is 0 Å². The minimum absolute atomic E-state index is 0.860. The molecule has 0 fully saturated rings. The highest BCUT2D eigenvalue weighted by Gasteiger charge is 2.22. The molecule has 0 aliphatic heterocycles. The number of benzene rings is 9. The summed E-state index contributed by atoms with van der Waals surface area (Å²) >= 11 is 0. The Kier molecular flexibility index (Phi) is 5.38. The lowest BCUT2D eigenvalue weighted by Crippen LogP contribution is -2.11. The number of fused-ring (bicyclic) bond motifs is 2. The summed E-state index contributed by atoms with van der Waals surface area (Å²) in [5, 5.41) is 13.8. The highest BCUT2D eigenvalue weighted by molar-refractivity contribution is 6.27. The van der Waals surface area contributed by atoms with Crippen LogP contribution in [-0.4, -0.2) is 0 Å². The van der Waals surface area contributed by atoms with E-state index >= 15 is 0 Å². The van der Waals surface area contributed by atoms with Crippen LogP contribution in [0.25, 0.3) is 87.0 Å².